The van der Waals surface area contributed by atoms with Gasteiger partial charge in [-0.15, -0.1) is 0 Å². The van der Waals surface area contributed by atoms with Crippen molar-refractivity contribution in [2.45, 2.75) is 6.42 Å². The molecule has 0 aliphatic rings. The third-order valence-electron chi connectivity index (χ3n) is 2.70. The maximum Gasteiger partial charge on any atom is 0.170 e. The number of ether oxygens (including phenoxy) is 1. The number of nitrogens with one attached hydrogen (secondary N) is 2. The van der Waals surface area contributed by atoms with Crippen LogP contribution in [0.3, 0.4) is 0 Å². The van der Waals surface area contributed by atoms with E-state index in [4.69, 9.17) is 17.0 Å². The van der Waals surface area contributed by atoms with Gasteiger partial charge in [0, 0.05) is 16.7 Å². The van der Waals surface area contributed by atoms with Crippen LogP contribution in [0.4, 0.5) is 5.69 Å². The van der Waals surface area contributed by atoms with Crippen molar-refractivity contribution in [3.8, 4) is 5.75 Å². The molecule has 2 N–H and O–H groups in total. The maximum absolute atomic E-state index is 5.61. The second-order valence-corrected chi connectivity index (χ2v) is 5.73. The minimum atomic E-state index is 0.618. The zero-order chi connectivity index (χ0) is 14.9. The Morgan fingerprint density at radius 2 is 1.90 bits per heavy atom. The molecule has 0 aliphatic carbocycles. The third-order valence-corrected chi connectivity index (χ3v) is 3.44. The predicted octanol–water partition coefficient (Wildman–Crippen LogP) is 4.20. The first-order valence-electron chi connectivity index (χ1n) is 6.72. The Bertz CT molecular complexity index is 577. The molecule has 21 heavy (non-hydrogen) atoms. The molecule has 2 aromatic carbocycles. The summed E-state index contributed by atoms with van der Waals surface area (Å²) in [6, 6.07) is 17.7. The standard InChI is InChI=1S/C16H17BrN2OS/c17-13-6-4-7-14(12-13)19-16(21)18-10-5-11-20-15-8-2-1-3-9-15/h1-4,6-9,12H,5,10-11H2,(H2,18,19,21). The number of halogens is 1. The van der Waals surface area contributed by atoms with Crippen molar-refractivity contribution in [3.63, 3.8) is 0 Å². The first-order valence-corrected chi connectivity index (χ1v) is 7.92. The van der Waals surface area contributed by atoms with Crippen LogP contribution in [0.5, 0.6) is 5.75 Å². The Balaban J connectivity index is 1.61. The first kappa shape index (κ1) is 15.8. The van der Waals surface area contributed by atoms with Crippen LogP contribution in [0.2, 0.25) is 0 Å². The van der Waals surface area contributed by atoms with E-state index in [1.165, 1.54) is 0 Å². The second kappa shape index (κ2) is 8.64. The van der Waals surface area contributed by atoms with E-state index < -0.39 is 0 Å². The normalized spacial score (nSPS) is 9.95. The lowest BCUT2D eigenvalue weighted by Crippen LogP contribution is -2.29. The lowest BCUT2D eigenvalue weighted by atomic mass is 10.3. The third kappa shape index (κ3) is 6.14. The molecule has 2 rings (SSSR count). The fraction of sp³-hybridized carbons (Fsp3) is 0.188. The number of anilines is 1. The average Bonchev–Trinajstić information content (AvgIpc) is 2.48. The summed E-state index contributed by atoms with van der Waals surface area (Å²) in [5.41, 5.74) is 0.961. The molecule has 110 valence electrons. The minimum absolute atomic E-state index is 0.618. The van der Waals surface area contributed by atoms with Gasteiger partial charge in [0.15, 0.2) is 5.11 Å². The fourth-order valence-electron chi connectivity index (χ4n) is 1.72. The smallest absolute Gasteiger partial charge is 0.170 e. The highest BCUT2D eigenvalue weighted by molar-refractivity contribution is 9.10. The van der Waals surface area contributed by atoms with E-state index >= 15 is 0 Å². The summed E-state index contributed by atoms with van der Waals surface area (Å²) in [5.74, 6) is 0.896. The van der Waals surface area contributed by atoms with Crippen molar-refractivity contribution in [1.82, 2.24) is 5.32 Å². The highest BCUT2D eigenvalue weighted by Crippen LogP contribution is 2.15. The fourth-order valence-corrected chi connectivity index (χ4v) is 2.34. The van der Waals surface area contributed by atoms with Gasteiger partial charge in [0.05, 0.1) is 6.61 Å². The number of rotatable bonds is 6. The van der Waals surface area contributed by atoms with Gasteiger partial charge in [-0.3, -0.25) is 0 Å². The Morgan fingerprint density at radius 1 is 1.10 bits per heavy atom. The van der Waals surface area contributed by atoms with Crippen LogP contribution in [0.15, 0.2) is 59.1 Å². The van der Waals surface area contributed by atoms with E-state index in [9.17, 15) is 0 Å². The largest absolute Gasteiger partial charge is 0.494 e. The SMILES string of the molecule is S=C(NCCCOc1ccccc1)Nc1cccc(Br)c1. The van der Waals surface area contributed by atoms with Gasteiger partial charge in [-0.05, 0) is 49.0 Å². The van der Waals surface area contributed by atoms with E-state index in [1.54, 1.807) is 0 Å². The highest BCUT2D eigenvalue weighted by Gasteiger charge is 1.98. The summed E-state index contributed by atoms with van der Waals surface area (Å²) in [6.07, 6.45) is 0.884. The van der Waals surface area contributed by atoms with Gasteiger partial charge in [0.25, 0.3) is 0 Å². The van der Waals surface area contributed by atoms with E-state index in [1.807, 2.05) is 54.6 Å². The Kier molecular flexibility index (Phi) is 6.50. The number of hydrogen-bond acceptors (Lipinski definition) is 2. The highest BCUT2D eigenvalue weighted by atomic mass is 79.9. The quantitative estimate of drug-likeness (QED) is 0.594. The van der Waals surface area contributed by atoms with Gasteiger partial charge in [0.1, 0.15) is 5.75 Å². The number of para-hydroxylation sites is 1. The van der Waals surface area contributed by atoms with Crippen LogP contribution in [0, 0.1) is 0 Å². The van der Waals surface area contributed by atoms with Crippen molar-refractivity contribution in [3.05, 3.63) is 59.1 Å². The molecule has 5 heteroatoms. The van der Waals surface area contributed by atoms with Crippen molar-refractivity contribution in [2.24, 2.45) is 0 Å². The molecule has 0 amide bonds. The lowest BCUT2D eigenvalue weighted by Gasteiger charge is -2.11. The van der Waals surface area contributed by atoms with Gasteiger partial charge < -0.3 is 15.4 Å². The Morgan fingerprint density at radius 3 is 2.67 bits per heavy atom. The summed E-state index contributed by atoms with van der Waals surface area (Å²) in [7, 11) is 0. The molecule has 0 saturated carbocycles. The van der Waals surface area contributed by atoms with Gasteiger partial charge >= 0.3 is 0 Å². The molecule has 0 bridgehead atoms. The van der Waals surface area contributed by atoms with Gasteiger partial charge in [-0.2, -0.15) is 0 Å². The molecule has 0 fully saturated rings. The van der Waals surface area contributed by atoms with Crippen LogP contribution >= 0.6 is 28.1 Å². The Labute approximate surface area is 138 Å². The molecule has 0 radical (unpaired) electrons. The molecular weight excluding hydrogens is 348 g/mol. The summed E-state index contributed by atoms with van der Waals surface area (Å²) in [5, 5.41) is 6.92. The lowest BCUT2D eigenvalue weighted by molar-refractivity contribution is 0.311. The van der Waals surface area contributed by atoms with E-state index in [0.29, 0.717) is 11.7 Å². The molecule has 0 saturated heterocycles. The van der Waals surface area contributed by atoms with Crippen LogP contribution in [0.25, 0.3) is 0 Å². The number of thiocarbonyl (C=S) groups is 1. The second-order valence-electron chi connectivity index (χ2n) is 4.41. The van der Waals surface area contributed by atoms with Crippen LogP contribution in [-0.2, 0) is 0 Å². The zero-order valence-electron chi connectivity index (χ0n) is 11.5. The Hall–Kier alpha value is -1.59. The topological polar surface area (TPSA) is 33.3 Å². The number of hydrogen-bond donors (Lipinski definition) is 2. The molecule has 0 aliphatic heterocycles. The van der Waals surface area contributed by atoms with Gasteiger partial charge in [-0.25, -0.2) is 0 Å². The maximum atomic E-state index is 5.61. The molecule has 0 aromatic heterocycles. The summed E-state index contributed by atoms with van der Waals surface area (Å²) >= 11 is 8.67. The minimum Gasteiger partial charge on any atom is -0.494 e. The van der Waals surface area contributed by atoms with Gasteiger partial charge in [-0.1, -0.05) is 40.2 Å². The van der Waals surface area contributed by atoms with E-state index in [-0.39, 0.29) is 0 Å². The van der Waals surface area contributed by atoms with Crippen molar-refractivity contribution < 1.29 is 4.74 Å². The van der Waals surface area contributed by atoms with Gasteiger partial charge in [0.2, 0.25) is 0 Å². The molecular formula is C16H17BrN2OS. The van der Waals surface area contributed by atoms with Crippen LogP contribution in [0.1, 0.15) is 6.42 Å². The molecule has 0 spiro atoms. The summed E-state index contributed by atoms with van der Waals surface area (Å²) in [6.45, 7) is 1.43. The molecule has 0 atom stereocenters. The van der Waals surface area contributed by atoms with Crippen molar-refractivity contribution in [2.75, 3.05) is 18.5 Å². The average molecular weight is 365 g/mol. The van der Waals surface area contributed by atoms with Crippen molar-refractivity contribution in [1.29, 1.82) is 0 Å². The van der Waals surface area contributed by atoms with E-state index in [2.05, 4.69) is 26.6 Å². The summed E-state index contributed by atoms with van der Waals surface area (Å²) in [4.78, 5) is 0. The predicted molar refractivity (Wildman–Crippen MR) is 94.9 cm³/mol. The monoisotopic (exact) mass is 364 g/mol. The molecule has 3 nitrogen and oxygen atoms in total. The van der Waals surface area contributed by atoms with Crippen LogP contribution < -0.4 is 15.4 Å². The molecule has 0 heterocycles. The number of benzene rings is 2. The van der Waals surface area contributed by atoms with Crippen molar-refractivity contribution >= 4 is 38.9 Å². The molecule has 2 aromatic rings. The zero-order valence-corrected chi connectivity index (χ0v) is 13.9. The van der Waals surface area contributed by atoms with E-state index in [0.717, 1.165) is 28.9 Å². The summed E-state index contributed by atoms with van der Waals surface area (Å²) < 4.78 is 6.63. The molecule has 0 unspecified atom stereocenters. The first-order chi connectivity index (χ1) is 10.2. The van der Waals surface area contributed by atoms with Crippen LogP contribution in [-0.4, -0.2) is 18.3 Å².